The van der Waals surface area contributed by atoms with E-state index in [0.29, 0.717) is 6.42 Å². The zero-order valence-electron chi connectivity index (χ0n) is 12.7. The number of rotatable bonds is 6. The van der Waals surface area contributed by atoms with E-state index in [-0.39, 0.29) is 23.3 Å². The third-order valence-corrected chi connectivity index (χ3v) is 4.86. The molecule has 4 heteroatoms. The predicted molar refractivity (Wildman–Crippen MR) is 74.9 cm³/mol. The Kier molecular flexibility index (Phi) is 4.99. The summed E-state index contributed by atoms with van der Waals surface area (Å²) in [7, 11) is 1.83. The Labute approximate surface area is 116 Å². The molecule has 1 aliphatic carbocycles. The Morgan fingerprint density at radius 1 is 1.21 bits per heavy atom. The van der Waals surface area contributed by atoms with Gasteiger partial charge in [-0.15, -0.1) is 0 Å². The zero-order chi connectivity index (χ0) is 14.7. The van der Waals surface area contributed by atoms with Crippen molar-refractivity contribution < 1.29 is 14.7 Å². The number of carbonyl (C=O) groups is 2. The van der Waals surface area contributed by atoms with Crippen molar-refractivity contribution in [1.82, 2.24) is 4.90 Å². The van der Waals surface area contributed by atoms with Crippen LogP contribution in [0.1, 0.15) is 65.7 Å². The van der Waals surface area contributed by atoms with E-state index >= 15 is 0 Å². The maximum absolute atomic E-state index is 12.4. The largest absolute Gasteiger partial charge is 0.481 e. The Morgan fingerprint density at radius 2 is 1.74 bits per heavy atom. The van der Waals surface area contributed by atoms with Gasteiger partial charge in [-0.2, -0.15) is 0 Å². The van der Waals surface area contributed by atoms with E-state index in [1.54, 1.807) is 4.90 Å². The number of amides is 1. The Morgan fingerprint density at radius 3 is 2.16 bits per heavy atom. The van der Waals surface area contributed by atoms with Crippen molar-refractivity contribution in [3.8, 4) is 0 Å². The Bertz CT molecular complexity index is 343. The Balaban J connectivity index is 2.75. The van der Waals surface area contributed by atoms with E-state index < -0.39 is 5.97 Å². The van der Waals surface area contributed by atoms with Gasteiger partial charge in [0.15, 0.2) is 0 Å². The molecular formula is C15H27NO3. The number of nitrogens with zero attached hydrogens (tertiary/aromatic N) is 1. The van der Waals surface area contributed by atoms with Crippen molar-refractivity contribution in [3.63, 3.8) is 0 Å². The van der Waals surface area contributed by atoms with Gasteiger partial charge in [0.05, 0.1) is 6.42 Å². The fourth-order valence-corrected chi connectivity index (χ4v) is 2.88. The van der Waals surface area contributed by atoms with Gasteiger partial charge in [0.2, 0.25) is 5.91 Å². The highest BCUT2D eigenvalue weighted by atomic mass is 16.4. The molecule has 0 aliphatic heterocycles. The van der Waals surface area contributed by atoms with Gasteiger partial charge in [-0.1, -0.05) is 19.8 Å². The second-order valence-corrected chi connectivity index (χ2v) is 6.57. The van der Waals surface area contributed by atoms with Crippen molar-refractivity contribution in [2.24, 2.45) is 5.41 Å². The number of carbonyl (C=O) groups excluding carboxylic acids is 1. The smallest absolute Gasteiger partial charge is 0.303 e. The van der Waals surface area contributed by atoms with Crippen molar-refractivity contribution in [3.05, 3.63) is 0 Å². The molecule has 110 valence electrons. The highest BCUT2D eigenvalue weighted by Gasteiger charge is 2.40. The molecule has 1 fully saturated rings. The van der Waals surface area contributed by atoms with Gasteiger partial charge < -0.3 is 10.0 Å². The fourth-order valence-electron chi connectivity index (χ4n) is 2.88. The molecule has 0 saturated heterocycles. The van der Waals surface area contributed by atoms with Gasteiger partial charge >= 0.3 is 5.97 Å². The number of carboxylic acid groups (broad SMARTS) is 1. The maximum Gasteiger partial charge on any atom is 0.303 e. The summed E-state index contributed by atoms with van der Waals surface area (Å²) in [6, 6.07) is 0. The van der Waals surface area contributed by atoms with Crippen LogP contribution < -0.4 is 0 Å². The second-order valence-electron chi connectivity index (χ2n) is 6.57. The van der Waals surface area contributed by atoms with E-state index in [0.717, 1.165) is 32.1 Å². The molecule has 1 amide bonds. The molecule has 1 aliphatic rings. The third-order valence-electron chi connectivity index (χ3n) is 4.86. The van der Waals surface area contributed by atoms with Crippen LogP contribution in [0.15, 0.2) is 0 Å². The van der Waals surface area contributed by atoms with Crippen LogP contribution in [0, 0.1) is 5.41 Å². The molecule has 1 saturated carbocycles. The lowest BCUT2D eigenvalue weighted by atomic mass is 9.78. The zero-order valence-corrected chi connectivity index (χ0v) is 12.7. The molecule has 0 aromatic heterocycles. The minimum atomic E-state index is -0.785. The van der Waals surface area contributed by atoms with Crippen molar-refractivity contribution >= 4 is 11.9 Å². The Hall–Kier alpha value is -1.06. The molecular weight excluding hydrogens is 242 g/mol. The summed E-state index contributed by atoms with van der Waals surface area (Å²) in [6.07, 6.45) is 5.21. The lowest BCUT2D eigenvalue weighted by Crippen LogP contribution is -2.46. The summed E-state index contributed by atoms with van der Waals surface area (Å²) in [5.74, 6) is -0.706. The number of hydrogen-bond acceptors (Lipinski definition) is 2. The average Bonchev–Trinajstić information content (AvgIpc) is 2.75. The van der Waals surface area contributed by atoms with Crippen LogP contribution in [-0.4, -0.2) is 34.5 Å². The number of hydrogen-bond donors (Lipinski definition) is 1. The minimum Gasteiger partial charge on any atom is -0.481 e. The normalized spacial score (nSPS) is 18.3. The minimum absolute atomic E-state index is 0.0787. The van der Waals surface area contributed by atoms with Crippen molar-refractivity contribution in [2.45, 2.75) is 71.3 Å². The maximum atomic E-state index is 12.4. The quantitative estimate of drug-likeness (QED) is 0.806. The predicted octanol–water partition coefficient (Wildman–Crippen LogP) is 3.06. The summed E-state index contributed by atoms with van der Waals surface area (Å²) in [5, 5.41) is 9.07. The fraction of sp³-hybridized carbons (Fsp3) is 0.867. The molecule has 0 radical (unpaired) electrons. The first-order chi connectivity index (χ1) is 8.72. The lowest BCUT2D eigenvalue weighted by Gasteiger charge is -2.37. The van der Waals surface area contributed by atoms with Gasteiger partial charge in [0.1, 0.15) is 0 Å². The molecule has 0 atom stereocenters. The summed E-state index contributed by atoms with van der Waals surface area (Å²) < 4.78 is 0. The van der Waals surface area contributed by atoms with Crippen molar-refractivity contribution in [2.75, 3.05) is 7.05 Å². The SMILES string of the molecule is CCC(C)(C)N(C)C(=O)CC1(CC(=O)O)CCCC1. The first-order valence-electron chi connectivity index (χ1n) is 7.21. The first-order valence-corrected chi connectivity index (χ1v) is 7.21. The average molecular weight is 269 g/mol. The molecule has 0 aromatic rings. The van der Waals surface area contributed by atoms with E-state index in [9.17, 15) is 9.59 Å². The molecule has 1 N–H and O–H groups in total. The summed E-state index contributed by atoms with van der Waals surface area (Å²) >= 11 is 0. The van der Waals surface area contributed by atoms with Crippen LogP contribution in [0.5, 0.6) is 0 Å². The van der Waals surface area contributed by atoms with Gasteiger partial charge in [0, 0.05) is 19.0 Å². The van der Waals surface area contributed by atoms with Crippen molar-refractivity contribution in [1.29, 1.82) is 0 Å². The van der Waals surface area contributed by atoms with Crippen LogP contribution in [0.25, 0.3) is 0 Å². The highest BCUT2D eigenvalue weighted by Crippen LogP contribution is 2.44. The highest BCUT2D eigenvalue weighted by molar-refractivity contribution is 5.78. The monoisotopic (exact) mass is 269 g/mol. The van der Waals surface area contributed by atoms with E-state index in [1.807, 2.05) is 20.9 Å². The molecule has 0 aromatic carbocycles. The van der Waals surface area contributed by atoms with Crippen LogP contribution in [0.4, 0.5) is 0 Å². The number of aliphatic carboxylic acids is 1. The second kappa shape index (κ2) is 5.93. The number of carboxylic acids is 1. The molecule has 0 bridgehead atoms. The van der Waals surface area contributed by atoms with E-state index in [1.165, 1.54) is 0 Å². The van der Waals surface area contributed by atoms with Crippen LogP contribution in [-0.2, 0) is 9.59 Å². The van der Waals surface area contributed by atoms with Crippen LogP contribution >= 0.6 is 0 Å². The molecule has 0 heterocycles. The van der Waals surface area contributed by atoms with E-state index in [2.05, 4.69) is 6.92 Å². The summed E-state index contributed by atoms with van der Waals surface area (Å²) in [6.45, 7) is 6.15. The molecule has 4 nitrogen and oxygen atoms in total. The molecule has 0 spiro atoms. The van der Waals surface area contributed by atoms with Crippen LogP contribution in [0.3, 0.4) is 0 Å². The standard InChI is InChI=1S/C15H27NO3/c1-5-14(2,3)16(4)12(17)10-15(11-13(18)19)8-6-7-9-15/h5-11H2,1-4H3,(H,18,19). The summed E-state index contributed by atoms with van der Waals surface area (Å²) in [4.78, 5) is 25.3. The molecule has 1 rings (SSSR count). The molecule has 19 heavy (non-hydrogen) atoms. The third kappa shape index (κ3) is 3.95. The molecule has 0 unspecified atom stereocenters. The topological polar surface area (TPSA) is 57.6 Å². The van der Waals surface area contributed by atoms with E-state index in [4.69, 9.17) is 5.11 Å². The van der Waals surface area contributed by atoms with Gasteiger partial charge in [-0.25, -0.2) is 0 Å². The van der Waals surface area contributed by atoms with Gasteiger partial charge in [-0.3, -0.25) is 9.59 Å². The summed E-state index contributed by atoms with van der Waals surface area (Å²) in [5.41, 5.74) is -0.471. The lowest BCUT2D eigenvalue weighted by molar-refractivity contribution is -0.142. The van der Waals surface area contributed by atoms with Gasteiger partial charge in [0.25, 0.3) is 0 Å². The first kappa shape index (κ1) is 16.0. The van der Waals surface area contributed by atoms with Crippen LogP contribution in [0.2, 0.25) is 0 Å². The van der Waals surface area contributed by atoms with Gasteiger partial charge in [-0.05, 0) is 38.5 Å².